The van der Waals surface area contributed by atoms with E-state index in [1.165, 1.54) is 14.2 Å². The fourth-order valence-corrected chi connectivity index (χ4v) is 15.0. The van der Waals surface area contributed by atoms with Crippen LogP contribution in [0.4, 0.5) is 0 Å². The molecule has 72 heavy (non-hydrogen) atoms. The minimum Gasteiger partial charge on any atom is -0.465 e. The van der Waals surface area contributed by atoms with Crippen LogP contribution in [-0.4, -0.2) is 26.2 Å². The summed E-state index contributed by atoms with van der Waals surface area (Å²) in [4.78, 5) is 24.6. The monoisotopic (exact) mass is 970 g/mol. The summed E-state index contributed by atoms with van der Waals surface area (Å²) in [5.74, 6) is 12.7. The van der Waals surface area contributed by atoms with Crippen LogP contribution in [0.3, 0.4) is 0 Å². The molecule has 10 aromatic carbocycles. The summed E-state index contributed by atoms with van der Waals surface area (Å²) in [6.45, 7) is 0. The maximum atomic E-state index is 17.2. The van der Waals surface area contributed by atoms with Crippen LogP contribution >= 0.6 is 14.3 Å². The van der Waals surface area contributed by atoms with Crippen LogP contribution in [-0.2, 0) is 18.6 Å². The quantitative estimate of drug-likeness (QED) is 0.0814. The highest BCUT2D eigenvalue weighted by Gasteiger charge is 2.39. The predicted molar refractivity (Wildman–Crippen MR) is 293 cm³/mol. The molecule has 0 saturated heterocycles. The Balaban J connectivity index is 1.37. The molecule has 0 saturated carbocycles. The molecule has 0 atom stereocenters. The Kier molecular flexibility index (Phi) is 13.2. The van der Waals surface area contributed by atoms with Crippen molar-refractivity contribution in [2.45, 2.75) is 0 Å². The van der Waals surface area contributed by atoms with Crippen molar-refractivity contribution in [1.29, 1.82) is 0 Å². The predicted octanol–water partition coefficient (Wildman–Crippen LogP) is 11.3. The highest BCUT2D eigenvalue weighted by Crippen LogP contribution is 2.52. The molecule has 10 aromatic rings. The second kappa shape index (κ2) is 20.3. The third-order valence-corrected chi connectivity index (χ3v) is 18.9. The van der Waals surface area contributed by atoms with Gasteiger partial charge in [-0.2, -0.15) is 0 Å². The summed E-state index contributed by atoms with van der Waals surface area (Å²) in [5.41, 5.74) is 4.74. The van der Waals surface area contributed by atoms with Crippen LogP contribution in [0.1, 0.15) is 43.0 Å². The van der Waals surface area contributed by atoms with E-state index >= 15 is 9.13 Å². The summed E-state index contributed by atoms with van der Waals surface area (Å²) in [5, 5.41) is 6.62. The first-order chi connectivity index (χ1) is 35.2. The molecule has 10 rings (SSSR count). The summed E-state index contributed by atoms with van der Waals surface area (Å²) in [6.07, 6.45) is 0. The lowest BCUT2D eigenvalue weighted by atomic mass is 9.90. The van der Waals surface area contributed by atoms with E-state index in [1.54, 1.807) is 48.5 Å². The Hall–Kier alpha value is -8.76. The topological polar surface area (TPSA) is 86.7 Å². The zero-order valence-corrected chi connectivity index (χ0v) is 41.1. The van der Waals surface area contributed by atoms with Crippen LogP contribution in [0, 0.1) is 23.7 Å². The van der Waals surface area contributed by atoms with Crippen molar-refractivity contribution in [3.63, 3.8) is 0 Å². The second-order valence-corrected chi connectivity index (χ2v) is 22.4. The van der Waals surface area contributed by atoms with Gasteiger partial charge in [-0.3, -0.25) is 0 Å². The van der Waals surface area contributed by atoms with E-state index in [0.717, 1.165) is 21.5 Å². The van der Waals surface area contributed by atoms with Crippen molar-refractivity contribution >= 4 is 79.6 Å². The lowest BCUT2D eigenvalue weighted by Crippen LogP contribution is -2.30. The van der Waals surface area contributed by atoms with Gasteiger partial charge >= 0.3 is 11.9 Å². The van der Waals surface area contributed by atoms with Crippen molar-refractivity contribution in [1.82, 2.24) is 0 Å². The summed E-state index contributed by atoms with van der Waals surface area (Å²) in [7, 11) is -5.05. The first kappa shape index (κ1) is 46.9. The van der Waals surface area contributed by atoms with Gasteiger partial charge in [0.05, 0.1) is 25.3 Å². The highest BCUT2D eigenvalue weighted by molar-refractivity contribution is 7.86. The number of carbonyl (C=O) groups is 2. The van der Waals surface area contributed by atoms with Gasteiger partial charge in [0, 0.05) is 65.2 Å². The van der Waals surface area contributed by atoms with Gasteiger partial charge in [-0.05, 0) is 82.2 Å². The number of ether oxygens (including phenoxy) is 2. The van der Waals surface area contributed by atoms with Gasteiger partial charge in [-0.1, -0.05) is 194 Å². The van der Waals surface area contributed by atoms with E-state index in [2.05, 4.69) is 23.7 Å². The molecule has 0 unspecified atom stereocenters. The Bertz CT molecular complexity index is 3560. The molecule has 0 spiro atoms. The van der Waals surface area contributed by atoms with Gasteiger partial charge in [0.2, 0.25) is 0 Å². The number of hydrogen-bond acceptors (Lipinski definition) is 6. The van der Waals surface area contributed by atoms with Crippen LogP contribution < -0.4 is 31.8 Å². The number of hydrogen-bond donors (Lipinski definition) is 0. The molecule has 0 aliphatic rings. The number of benzene rings is 10. The molecule has 8 heteroatoms. The van der Waals surface area contributed by atoms with Crippen molar-refractivity contribution in [2.75, 3.05) is 14.2 Å². The van der Waals surface area contributed by atoms with Gasteiger partial charge in [0.15, 0.2) is 14.3 Å². The molecule has 346 valence electrons. The van der Waals surface area contributed by atoms with E-state index in [9.17, 15) is 9.59 Å². The van der Waals surface area contributed by atoms with E-state index in [0.29, 0.717) is 76.3 Å². The number of methoxy groups -OCH3 is 2. The van der Waals surface area contributed by atoms with E-state index in [4.69, 9.17) is 9.47 Å². The lowest BCUT2D eigenvalue weighted by molar-refractivity contribution is 0.0592. The lowest BCUT2D eigenvalue weighted by Gasteiger charge is -2.29. The Labute approximate surface area is 418 Å². The van der Waals surface area contributed by atoms with Crippen LogP contribution in [0.25, 0.3) is 32.7 Å². The first-order valence-electron chi connectivity index (χ1n) is 23.2. The molecule has 0 radical (unpaired) electrons. The third-order valence-electron chi connectivity index (χ3n) is 12.8. The summed E-state index contributed by atoms with van der Waals surface area (Å²) >= 11 is 0. The summed E-state index contributed by atoms with van der Waals surface area (Å²) < 4.78 is 44.4. The molecule has 6 nitrogen and oxygen atoms in total. The van der Waals surface area contributed by atoms with E-state index < -0.39 is 26.2 Å². The molecule has 0 bridgehead atoms. The molecular formula is C64H44O6P2. The summed E-state index contributed by atoms with van der Waals surface area (Å²) in [6, 6.07) is 71.9. The largest absolute Gasteiger partial charge is 0.465 e. The highest BCUT2D eigenvalue weighted by atomic mass is 31.2. The van der Waals surface area contributed by atoms with Crippen molar-refractivity contribution < 1.29 is 28.2 Å². The molecule has 0 aliphatic heterocycles. The molecule has 0 N–H and O–H groups in total. The van der Waals surface area contributed by atoms with Crippen molar-refractivity contribution in [3.05, 3.63) is 264 Å². The van der Waals surface area contributed by atoms with Gasteiger partial charge < -0.3 is 18.6 Å². The molecule has 0 aliphatic carbocycles. The average molecular weight is 971 g/mol. The zero-order chi connectivity index (χ0) is 49.7. The smallest absolute Gasteiger partial charge is 0.337 e. The Morgan fingerprint density at radius 1 is 0.347 bits per heavy atom. The van der Waals surface area contributed by atoms with Gasteiger partial charge in [-0.25, -0.2) is 9.59 Å². The number of esters is 2. The zero-order valence-electron chi connectivity index (χ0n) is 39.3. The van der Waals surface area contributed by atoms with Crippen molar-refractivity contribution in [2.24, 2.45) is 0 Å². The van der Waals surface area contributed by atoms with Gasteiger partial charge in [0.1, 0.15) is 0 Å². The molecule has 0 fully saturated rings. The fraction of sp³-hybridized carbons (Fsp3) is 0.0312. The van der Waals surface area contributed by atoms with Gasteiger partial charge in [-0.15, -0.1) is 0 Å². The molecule has 0 amide bonds. The maximum absolute atomic E-state index is 17.2. The van der Waals surface area contributed by atoms with Crippen LogP contribution in [0.2, 0.25) is 0 Å². The minimum atomic E-state index is -3.87. The standard InChI is InChI=1S/C64H44O6P2/c1-69-63(65)47-37-31-45(32-38-47)35-41-49-43-59(71(67,51-19-7-3-8-20-51)52-21-9-4-10-22-52)61(57-29-17-15-27-55(49)57)62-58-30-18-16-28-56(58)50(42-36-46-33-39-48(40-34-46)64(66)70-2)44-60(62)72(68,53-23-11-5-12-24-53)54-25-13-6-14-26-54/h3-34,37-40,43-44H,1-2H3. The normalized spacial score (nSPS) is 11.2. The second-order valence-electron chi connectivity index (χ2n) is 16.9. The third kappa shape index (κ3) is 8.76. The van der Waals surface area contributed by atoms with E-state index in [1.807, 2.05) is 182 Å². The minimum absolute atomic E-state index is 0.407. The van der Waals surface area contributed by atoms with Crippen LogP contribution in [0.15, 0.2) is 231 Å². The SMILES string of the molecule is COC(=O)c1ccc(C#Cc2cc(P(=O)(c3ccccc3)c3ccccc3)c(-c3c(P(=O)(c4ccccc4)c4ccccc4)cc(C#Cc4ccc(C(=O)OC)cc4)c4ccccc34)c3ccccc23)cc1. The van der Waals surface area contributed by atoms with E-state index in [-0.39, 0.29) is 0 Å². The fourth-order valence-electron chi connectivity index (χ4n) is 9.25. The Morgan fingerprint density at radius 2 is 0.625 bits per heavy atom. The molecule has 0 heterocycles. The number of carbonyl (C=O) groups excluding carboxylic acids is 2. The van der Waals surface area contributed by atoms with Gasteiger partial charge in [0.25, 0.3) is 0 Å². The average Bonchev–Trinajstić information content (AvgIpc) is 3.46. The first-order valence-corrected chi connectivity index (χ1v) is 26.6. The molecular weight excluding hydrogens is 927 g/mol. The van der Waals surface area contributed by atoms with Crippen molar-refractivity contribution in [3.8, 4) is 34.8 Å². The van der Waals surface area contributed by atoms with Crippen LogP contribution in [0.5, 0.6) is 0 Å². The number of fused-ring (bicyclic) bond motifs is 2. The Morgan fingerprint density at radius 3 is 0.917 bits per heavy atom. The molecule has 0 aromatic heterocycles. The number of rotatable bonds is 9. The maximum Gasteiger partial charge on any atom is 0.337 e.